The summed E-state index contributed by atoms with van der Waals surface area (Å²) in [6, 6.07) is 4.57. The van der Waals surface area contributed by atoms with Crippen molar-refractivity contribution in [3.8, 4) is 0 Å². The van der Waals surface area contributed by atoms with Crippen LogP contribution < -0.4 is 10.5 Å². The summed E-state index contributed by atoms with van der Waals surface area (Å²) >= 11 is 5.92. The second-order valence-electron chi connectivity index (χ2n) is 4.45. The fraction of sp³-hybridized carbons (Fsp3) is 0.250. The second-order valence-corrected chi connectivity index (χ2v) is 6.59. The normalized spacial score (nSPS) is 11.8. The second kappa shape index (κ2) is 5.43. The average molecular weight is 315 g/mol. The highest BCUT2D eigenvalue weighted by atomic mass is 35.5. The Labute approximate surface area is 122 Å². The summed E-state index contributed by atoms with van der Waals surface area (Å²) < 4.78 is 28.4. The van der Waals surface area contributed by atoms with Crippen molar-refractivity contribution < 1.29 is 8.42 Å². The number of hydrogen-bond donors (Lipinski definition) is 2. The Morgan fingerprint density at radius 2 is 2.15 bits per heavy atom. The van der Waals surface area contributed by atoms with Crippen molar-refractivity contribution in [3.05, 3.63) is 40.7 Å². The van der Waals surface area contributed by atoms with Crippen LogP contribution in [0.25, 0.3) is 0 Å². The Bertz CT molecular complexity index is 717. The Hall–Kier alpha value is -1.57. The molecule has 0 spiro atoms. The van der Waals surface area contributed by atoms with E-state index in [-0.39, 0.29) is 17.1 Å². The number of benzene rings is 1. The van der Waals surface area contributed by atoms with Crippen LogP contribution in [-0.4, -0.2) is 18.2 Å². The molecule has 0 saturated heterocycles. The summed E-state index contributed by atoms with van der Waals surface area (Å²) in [6.45, 7) is 1.82. The molecule has 0 radical (unpaired) electrons. The van der Waals surface area contributed by atoms with Gasteiger partial charge in [0.1, 0.15) is 0 Å². The van der Waals surface area contributed by atoms with Crippen molar-refractivity contribution in [2.75, 3.05) is 5.73 Å². The fourth-order valence-electron chi connectivity index (χ4n) is 1.73. The van der Waals surface area contributed by atoms with Gasteiger partial charge < -0.3 is 5.73 Å². The van der Waals surface area contributed by atoms with Gasteiger partial charge in [0.2, 0.25) is 10.0 Å². The van der Waals surface area contributed by atoms with Crippen LogP contribution in [0, 0.1) is 6.92 Å². The van der Waals surface area contributed by atoms with E-state index in [1.165, 1.54) is 12.1 Å². The van der Waals surface area contributed by atoms with Gasteiger partial charge in [-0.1, -0.05) is 11.6 Å². The molecule has 0 fully saturated rings. The van der Waals surface area contributed by atoms with Gasteiger partial charge >= 0.3 is 0 Å². The SMILES string of the molecule is Cc1cc(S(=O)(=O)NCc2ccn(C)n2)cc(N)c1Cl. The van der Waals surface area contributed by atoms with Crippen molar-refractivity contribution >= 4 is 27.3 Å². The number of nitrogen functional groups attached to an aromatic ring is 1. The average Bonchev–Trinajstić information content (AvgIpc) is 2.79. The maximum atomic E-state index is 12.2. The third-order valence-corrected chi connectivity index (χ3v) is 4.68. The van der Waals surface area contributed by atoms with Crippen molar-refractivity contribution in [1.29, 1.82) is 0 Å². The summed E-state index contributed by atoms with van der Waals surface area (Å²) in [7, 11) is -1.88. The highest BCUT2D eigenvalue weighted by Gasteiger charge is 2.17. The van der Waals surface area contributed by atoms with E-state index in [1.54, 1.807) is 30.9 Å². The van der Waals surface area contributed by atoms with Gasteiger partial charge in [-0.3, -0.25) is 4.68 Å². The van der Waals surface area contributed by atoms with Gasteiger partial charge in [-0.25, -0.2) is 13.1 Å². The van der Waals surface area contributed by atoms with Crippen LogP contribution in [0.2, 0.25) is 5.02 Å². The molecule has 0 saturated carbocycles. The number of hydrogen-bond acceptors (Lipinski definition) is 4. The Morgan fingerprint density at radius 3 is 2.70 bits per heavy atom. The van der Waals surface area contributed by atoms with Crippen LogP contribution in [0.5, 0.6) is 0 Å². The van der Waals surface area contributed by atoms with Gasteiger partial charge in [-0.05, 0) is 30.7 Å². The number of rotatable bonds is 4. The first-order valence-electron chi connectivity index (χ1n) is 5.83. The predicted molar refractivity (Wildman–Crippen MR) is 77.8 cm³/mol. The number of aromatic nitrogens is 2. The van der Waals surface area contributed by atoms with E-state index in [1.807, 2.05) is 0 Å². The largest absolute Gasteiger partial charge is 0.397 e. The van der Waals surface area contributed by atoms with Crippen LogP contribution >= 0.6 is 11.6 Å². The third kappa shape index (κ3) is 3.12. The molecule has 2 rings (SSSR count). The molecule has 1 aromatic heterocycles. The van der Waals surface area contributed by atoms with E-state index < -0.39 is 10.0 Å². The molecule has 0 amide bonds. The molecule has 3 N–H and O–H groups in total. The van der Waals surface area contributed by atoms with Crippen LogP contribution in [0.1, 0.15) is 11.3 Å². The molecule has 6 nitrogen and oxygen atoms in total. The van der Waals surface area contributed by atoms with Crippen molar-refractivity contribution in [1.82, 2.24) is 14.5 Å². The lowest BCUT2D eigenvalue weighted by molar-refractivity contribution is 0.579. The van der Waals surface area contributed by atoms with Gasteiger partial charge in [0.05, 0.1) is 27.8 Å². The zero-order valence-electron chi connectivity index (χ0n) is 11.1. The van der Waals surface area contributed by atoms with Crippen LogP contribution in [-0.2, 0) is 23.6 Å². The van der Waals surface area contributed by atoms with E-state index in [0.29, 0.717) is 16.3 Å². The van der Waals surface area contributed by atoms with E-state index >= 15 is 0 Å². The topological polar surface area (TPSA) is 90.0 Å². The van der Waals surface area contributed by atoms with E-state index in [2.05, 4.69) is 9.82 Å². The number of nitrogens with one attached hydrogen (secondary N) is 1. The molecule has 20 heavy (non-hydrogen) atoms. The molecular weight excluding hydrogens is 300 g/mol. The number of anilines is 1. The summed E-state index contributed by atoms with van der Waals surface area (Å²) in [6.07, 6.45) is 1.74. The molecule has 0 unspecified atom stereocenters. The Kier molecular flexibility index (Phi) is 4.03. The minimum atomic E-state index is -3.65. The predicted octanol–water partition coefficient (Wildman–Crippen LogP) is 1.44. The highest BCUT2D eigenvalue weighted by molar-refractivity contribution is 7.89. The molecule has 2 aromatic rings. The lowest BCUT2D eigenvalue weighted by Gasteiger charge is -2.09. The standard InChI is InChI=1S/C12H15ClN4O2S/c1-8-5-10(6-11(14)12(8)13)20(18,19)15-7-9-3-4-17(2)16-9/h3-6,15H,7,14H2,1-2H3. The van der Waals surface area contributed by atoms with Crippen molar-refractivity contribution in [2.24, 2.45) is 7.05 Å². The van der Waals surface area contributed by atoms with Crippen LogP contribution in [0.3, 0.4) is 0 Å². The van der Waals surface area contributed by atoms with Gasteiger partial charge in [0, 0.05) is 13.2 Å². The zero-order chi connectivity index (χ0) is 14.9. The van der Waals surface area contributed by atoms with E-state index in [4.69, 9.17) is 17.3 Å². The smallest absolute Gasteiger partial charge is 0.241 e. The van der Waals surface area contributed by atoms with Gasteiger partial charge in [-0.2, -0.15) is 5.10 Å². The maximum absolute atomic E-state index is 12.2. The number of nitrogens with zero attached hydrogens (tertiary/aromatic N) is 2. The molecular formula is C12H15ClN4O2S. The number of sulfonamides is 1. The van der Waals surface area contributed by atoms with Crippen LogP contribution in [0.4, 0.5) is 5.69 Å². The molecule has 1 aromatic carbocycles. The fourth-order valence-corrected chi connectivity index (χ4v) is 2.96. The van der Waals surface area contributed by atoms with Crippen molar-refractivity contribution in [3.63, 3.8) is 0 Å². The lowest BCUT2D eigenvalue weighted by atomic mass is 10.2. The lowest BCUT2D eigenvalue weighted by Crippen LogP contribution is -2.23. The molecule has 0 aliphatic heterocycles. The van der Waals surface area contributed by atoms with Gasteiger partial charge in [0.25, 0.3) is 0 Å². The quantitative estimate of drug-likeness (QED) is 0.836. The number of nitrogens with two attached hydrogens (primary N) is 1. The molecule has 0 atom stereocenters. The molecule has 0 aliphatic rings. The highest BCUT2D eigenvalue weighted by Crippen LogP contribution is 2.26. The summed E-state index contributed by atoms with van der Waals surface area (Å²) in [5.74, 6) is 0. The number of aryl methyl sites for hydroxylation is 2. The maximum Gasteiger partial charge on any atom is 0.241 e. The molecule has 0 bridgehead atoms. The summed E-state index contributed by atoms with van der Waals surface area (Å²) in [5, 5.41) is 4.47. The van der Waals surface area contributed by atoms with Gasteiger partial charge in [0.15, 0.2) is 0 Å². The molecule has 1 heterocycles. The summed E-state index contributed by atoms with van der Waals surface area (Å²) in [4.78, 5) is 0.0906. The van der Waals surface area contributed by atoms with E-state index in [9.17, 15) is 8.42 Å². The van der Waals surface area contributed by atoms with E-state index in [0.717, 1.165) is 0 Å². The number of halogens is 1. The first kappa shape index (κ1) is 14.8. The minimum absolute atomic E-state index is 0.0906. The van der Waals surface area contributed by atoms with Gasteiger partial charge in [-0.15, -0.1) is 0 Å². The summed E-state index contributed by atoms with van der Waals surface area (Å²) in [5.41, 5.74) is 7.18. The van der Waals surface area contributed by atoms with Crippen LogP contribution in [0.15, 0.2) is 29.3 Å². The molecule has 108 valence electrons. The third-order valence-electron chi connectivity index (χ3n) is 2.78. The van der Waals surface area contributed by atoms with Crippen molar-refractivity contribution in [2.45, 2.75) is 18.4 Å². The first-order chi connectivity index (χ1) is 9.29. The Morgan fingerprint density at radius 1 is 1.45 bits per heavy atom. The zero-order valence-corrected chi connectivity index (χ0v) is 12.7. The molecule has 8 heteroatoms. The first-order valence-corrected chi connectivity index (χ1v) is 7.69. The monoisotopic (exact) mass is 314 g/mol. The molecule has 0 aliphatic carbocycles. The Balaban J connectivity index is 2.22. The minimum Gasteiger partial charge on any atom is -0.397 e.